The molecule has 0 aliphatic heterocycles. The van der Waals surface area contributed by atoms with E-state index in [0.717, 1.165) is 25.7 Å². The van der Waals surface area contributed by atoms with Gasteiger partial charge in [-0.3, -0.25) is 4.52 Å². The molecule has 0 aromatic carbocycles. The maximum atomic E-state index is 11.4. The summed E-state index contributed by atoms with van der Waals surface area (Å²) in [6.07, 6.45) is 13.0. The molecular formula is C20H36O7P2. The topological polar surface area (TPSA) is 113 Å². The first-order chi connectivity index (χ1) is 13.7. The van der Waals surface area contributed by atoms with Crippen LogP contribution >= 0.6 is 15.6 Å². The Bertz CT molecular complexity index is 733. The summed E-state index contributed by atoms with van der Waals surface area (Å²) in [4.78, 5) is 26.3. The van der Waals surface area contributed by atoms with E-state index in [9.17, 15) is 14.0 Å². The Morgan fingerprint density at radius 2 is 1.69 bits per heavy atom. The molecule has 9 heteroatoms. The van der Waals surface area contributed by atoms with Gasteiger partial charge in [-0.25, -0.2) is 9.13 Å². The quantitative estimate of drug-likeness (QED) is 0.212. The second kappa shape index (κ2) is 14.3. The minimum absolute atomic E-state index is 0.304. The molecule has 0 aliphatic rings. The lowest BCUT2D eigenvalue weighted by molar-refractivity contribution is 0.191. The summed E-state index contributed by atoms with van der Waals surface area (Å²) >= 11 is 0. The normalized spacial score (nSPS) is 18.3. The van der Waals surface area contributed by atoms with Gasteiger partial charge in [0.1, 0.15) is 0 Å². The number of hydrogen-bond acceptors (Lipinski definition) is 4. The smallest absolute Gasteiger partial charge is 0.302 e. The number of allylic oxidation sites excluding steroid dienone is 7. The largest absolute Gasteiger partial charge is 0.481 e. The summed E-state index contributed by atoms with van der Waals surface area (Å²) in [5, 5.41) is 0. The van der Waals surface area contributed by atoms with Crippen LogP contribution in [0.25, 0.3) is 0 Å². The van der Waals surface area contributed by atoms with E-state index in [4.69, 9.17) is 11.2 Å². The van der Waals surface area contributed by atoms with Crippen LogP contribution in [0.4, 0.5) is 0 Å². The van der Waals surface area contributed by atoms with Gasteiger partial charge in [0.25, 0.3) is 0 Å². The van der Waals surface area contributed by atoms with Crippen LogP contribution < -0.4 is 0 Å². The van der Waals surface area contributed by atoms with Gasteiger partial charge < -0.3 is 14.7 Å². The van der Waals surface area contributed by atoms with Crippen molar-refractivity contribution < 1.29 is 34.0 Å². The molecule has 0 bridgehead atoms. The van der Waals surface area contributed by atoms with Crippen molar-refractivity contribution in [3.8, 4) is 0 Å². The third-order valence-electron chi connectivity index (χ3n) is 3.86. The van der Waals surface area contributed by atoms with E-state index < -0.39 is 28.6 Å². The van der Waals surface area contributed by atoms with Gasteiger partial charge in [-0.15, -0.1) is 0 Å². The first-order valence-electron chi connectivity index (χ1n) is 10.1. The van der Waals surface area contributed by atoms with E-state index in [0.29, 0.717) is 11.5 Å². The number of rotatable bonds is 14. The predicted octanol–water partition coefficient (Wildman–Crippen LogP) is 6.21. The molecule has 0 aromatic rings. The van der Waals surface area contributed by atoms with Crippen molar-refractivity contribution in [1.82, 2.24) is 0 Å². The average Bonchev–Trinajstić information content (AvgIpc) is 2.56. The summed E-state index contributed by atoms with van der Waals surface area (Å²) < 4.78 is 38.2. The first kappa shape index (κ1) is 26.3. The zero-order valence-corrected chi connectivity index (χ0v) is 19.7. The molecule has 0 rings (SSSR count). The Labute approximate surface area is 176 Å². The fourth-order valence-corrected chi connectivity index (χ4v) is 3.79. The van der Waals surface area contributed by atoms with Gasteiger partial charge in [0.05, 0.1) is 6.61 Å². The molecular weight excluding hydrogens is 414 g/mol. The summed E-state index contributed by atoms with van der Waals surface area (Å²) in [5.41, 5.74) is 3.29. The summed E-state index contributed by atoms with van der Waals surface area (Å²) in [5.74, 6) is 0.304. The van der Waals surface area contributed by atoms with Crippen LogP contribution in [-0.4, -0.2) is 21.3 Å². The molecule has 0 aromatic heterocycles. The standard InChI is InChI=1S/C20H36O7P2/c1-17(2)9-6-10-18(3)11-7-12-19(4)13-8-14-20(5)15-16-26-29(24,25)27-28(21,22)23/h8-9,11,13,15,19H,6-7,10,12,14,16H2,1-5H3,(H,24,25)(H2,21,22,23)/b13-8+,18-11+,20-15+/i14D/t14-,19?/m1/s1. The highest BCUT2D eigenvalue weighted by molar-refractivity contribution is 7.60. The van der Waals surface area contributed by atoms with Crippen LogP contribution in [0.2, 0.25) is 0 Å². The molecule has 3 atom stereocenters. The summed E-state index contributed by atoms with van der Waals surface area (Å²) in [6.45, 7) is 9.69. The van der Waals surface area contributed by atoms with E-state index in [1.165, 1.54) is 17.2 Å². The lowest BCUT2D eigenvalue weighted by atomic mass is 10.0. The molecule has 0 spiro atoms. The van der Waals surface area contributed by atoms with Gasteiger partial charge >= 0.3 is 15.6 Å². The van der Waals surface area contributed by atoms with Gasteiger partial charge in [-0.1, -0.05) is 54.0 Å². The second-order valence-electron chi connectivity index (χ2n) is 7.26. The van der Waals surface area contributed by atoms with Crippen LogP contribution in [0.15, 0.2) is 47.1 Å². The SMILES string of the molecule is [2H][C@H](/C=C/C(C)CC/C=C(\C)CCC=C(C)C)/C(C)=C/COP(=O)(O)OP(=O)(O)O. The lowest BCUT2D eigenvalue weighted by Gasteiger charge is -2.11. The molecule has 29 heavy (non-hydrogen) atoms. The third kappa shape index (κ3) is 19.0. The van der Waals surface area contributed by atoms with E-state index in [2.05, 4.69) is 48.7 Å². The van der Waals surface area contributed by atoms with Gasteiger partial charge in [-0.2, -0.15) is 4.31 Å². The van der Waals surface area contributed by atoms with Crippen LogP contribution in [-0.2, 0) is 18.0 Å². The van der Waals surface area contributed by atoms with Crippen molar-refractivity contribution in [2.24, 2.45) is 5.92 Å². The van der Waals surface area contributed by atoms with Crippen molar-refractivity contribution >= 4 is 15.6 Å². The Hall–Kier alpha value is -0.780. The van der Waals surface area contributed by atoms with Crippen molar-refractivity contribution in [2.45, 2.75) is 66.7 Å². The molecule has 168 valence electrons. The number of phosphoric ester groups is 1. The number of hydrogen-bond donors (Lipinski definition) is 3. The van der Waals surface area contributed by atoms with Crippen LogP contribution in [0.5, 0.6) is 0 Å². The minimum atomic E-state index is -5.13. The monoisotopic (exact) mass is 451 g/mol. The Morgan fingerprint density at radius 3 is 2.28 bits per heavy atom. The fourth-order valence-electron chi connectivity index (χ4n) is 2.27. The predicted molar refractivity (Wildman–Crippen MR) is 117 cm³/mol. The molecule has 0 radical (unpaired) electrons. The molecule has 0 saturated carbocycles. The average molecular weight is 451 g/mol. The molecule has 3 N–H and O–H groups in total. The van der Waals surface area contributed by atoms with Gasteiger partial charge in [0, 0.05) is 1.37 Å². The zero-order chi connectivity index (χ0) is 23.4. The van der Waals surface area contributed by atoms with E-state index >= 15 is 0 Å². The fraction of sp³-hybridized carbons (Fsp3) is 0.600. The van der Waals surface area contributed by atoms with E-state index in [1.54, 1.807) is 13.0 Å². The van der Waals surface area contributed by atoms with Crippen molar-refractivity contribution in [1.29, 1.82) is 0 Å². The highest BCUT2D eigenvalue weighted by Crippen LogP contribution is 2.57. The molecule has 0 aliphatic carbocycles. The van der Waals surface area contributed by atoms with Crippen molar-refractivity contribution in [2.75, 3.05) is 6.61 Å². The molecule has 0 heterocycles. The maximum Gasteiger partial charge on any atom is 0.481 e. The first-order valence-corrected chi connectivity index (χ1v) is 12.5. The van der Waals surface area contributed by atoms with E-state index in [1.807, 2.05) is 6.08 Å². The highest BCUT2D eigenvalue weighted by Gasteiger charge is 2.31. The summed E-state index contributed by atoms with van der Waals surface area (Å²) in [7, 11) is -9.99. The minimum Gasteiger partial charge on any atom is -0.302 e. The number of phosphoric acid groups is 2. The van der Waals surface area contributed by atoms with Gasteiger partial charge in [0.2, 0.25) is 0 Å². The Kier molecular flexibility index (Phi) is 12.9. The zero-order valence-electron chi connectivity index (χ0n) is 18.9. The summed E-state index contributed by atoms with van der Waals surface area (Å²) in [6, 6.07) is 0. The molecule has 7 nitrogen and oxygen atoms in total. The van der Waals surface area contributed by atoms with E-state index in [-0.39, 0.29) is 0 Å². The van der Waals surface area contributed by atoms with Crippen molar-refractivity contribution in [3.63, 3.8) is 0 Å². The molecule has 0 fully saturated rings. The van der Waals surface area contributed by atoms with Gasteiger partial charge in [0.15, 0.2) is 0 Å². The lowest BCUT2D eigenvalue weighted by Crippen LogP contribution is -1.94. The highest BCUT2D eigenvalue weighted by atomic mass is 31.3. The third-order valence-corrected chi connectivity index (χ3v) is 6.01. The molecule has 0 amide bonds. The van der Waals surface area contributed by atoms with Gasteiger partial charge in [-0.05, 0) is 65.7 Å². The van der Waals surface area contributed by atoms with Crippen LogP contribution in [0.3, 0.4) is 0 Å². The van der Waals surface area contributed by atoms with Crippen LogP contribution in [0, 0.1) is 5.92 Å². The second-order valence-corrected chi connectivity index (χ2v) is 10.1. The Balaban J connectivity index is 4.41. The molecule has 2 unspecified atom stereocenters. The van der Waals surface area contributed by atoms with Crippen LogP contribution in [0.1, 0.15) is 68.1 Å². The Morgan fingerprint density at radius 1 is 1.03 bits per heavy atom. The maximum absolute atomic E-state index is 11.4. The van der Waals surface area contributed by atoms with Crippen molar-refractivity contribution in [3.05, 3.63) is 47.1 Å². The molecule has 0 saturated heterocycles.